The molecular weight excluding hydrogens is 356 g/mol. The number of carbonyl (C=O) groups excluding carboxylic acids is 1. The average molecular weight is 381 g/mol. The van der Waals surface area contributed by atoms with Crippen molar-refractivity contribution in [2.24, 2.45) is 0 Å². The van der Waals surface area contributed by atoms with Gasteiger partial charge in [0.05, 0.1) is 0 Å². The number of carbonyl (C=O) groups is 1. The van der Waals surface area contributed by atoms with E-state index < -0.39 is 0 Å². The number of hydrogen-bond donors (Lipinski definition) is 0. The zero-order valence-electron chi connectivity index (χ0n) is 15.6. The van der Waals surface area contributed by atoms with E-state index in [2.05, 4.69) is 27.6 Å². The maximum absolute atomic E-state index is 13.5. The largest absolute Gasteiger partial charge is 0.360 e. The molecule has 27 heavy (non-hydrogen) atoms. The lowest BCUT2D eigenvalue weighted by Crippen LogP contribution is -2.44. The minimum atomic E-state index is 0.0588. The Hall–Kier alpha value is -2.40. The maximum Gasteiger partial charge on any atom is 0.259 e. The summed E-state index contributed by atoms with van der Waals surface area (Å²) in [5, 5.41) is 6.31. The van der Waals surface area contributed by atoms with Gasteiger partial charge in [0.15, 0.2) is 0 Å². The first-order valence-corrected chi connectivity index (χ1v) is 10.5. The van der Waals surface area contributed by atoms with Crippen LogP contribution in [0.25, 0.3) is 11.3 Å². The van der Waals surface area contributed by atoms with E-state index in [1.54, 1.807) is 11.3 Å². The molecule has 4 rings (SSSR count). The summed E-state index contributed by atoms with van der Waals surface area (Å²) < 4.78 is 5.42. The lowest BCUT2D eigenvalue weighted by atomic mass is 9.95. The van der Waals surface area contributed by atoms with Crippen LogP contribution in [0.2, 0.25) is 0 Å². The van der Waals surface area contributed by atoms with E-state index >= 15 is 0 Å². The van der Waals surface area contributed by atoms with Crippen molar-refractivity contribution in [3.63, 3.8) is 0 Å². The van der Waals surface area contributed by atoms with E-state index in [4.69, 9.17) is 4.52 Å². The zero-order chi connectivity index (χ0) is 18.6. The Morgan fingerprint density at radius 2 is 2.07 bits per heavy atom. The lowest BCUT2D eigenvalue weighted by molar-refractivity contribution is 0.0601. The van der Waals surface area contributed by atoms with Gasteiger partial charge in [-0.15, -0.1) is 11.3 Å². The minimum absolute atomic E-state index is 0.0588. The van der Waals surface area contributed by atoms with Gasteiger partial charge in [-0.1, -0.05) is 41.6 Å². The third-order valence-electron chi connectivity index (χ3n) is 5.32. The molecule has 0 aliphatic carbocycles. The molecule has 1 atom stereocenters. The minimum Gasteiger partial charge on any atom is -0.360 e. The van der Waals surface area contributed by atoms with Crippen LogP contribution in [0.3, 0.4) is 0 Å². The summed E-state index contributed by atoms with van der Waals surface area (Å²) >= 11 is 1.79. The number of amides is 1. The van der Waals surface area contributed by atoms with Crippen molar-refractivity contribution in [3.8, 4) is 11.3 Å². The zero-order valence-corrected chi connectivity index (χ0v) is 16.4. The van der Waals surface area contributed by atoms with Crippen LogP contribution in [0.1, 0.15) is 46.7 Å². The number of hydrogen-bond acceptors (Lipinski definition) is 4. The van der Waals surface area contributed by atoms with Gasteiger partial charge < -0.3 is 9.42 Å². The number of thiophene rings is 1. The molecule has 1 aromatic carbocycles. The quantitative estimate of drug-likeness (QED) is 0.600. The van der Waals surface area contributed by atoms with Gasteiger partial charge in [0.1, 0.15) is 17.0 Å². The van der Waals surface area contributed by atoms with Crippen LogP contribution < -0.4 is 0 Å². The van der Waals surface area contributed by atoms with Crippen molar-refractivity contribution in [2.75, 3.05) is 6.54 Å². The van der Waals surface area contributed by atoms with Crippen molar-refractivity contribution in [1.82, 2.24) is 10.1 Å². The van der Waals surface area contributed by atoms with Crippen LogP contribution in [-0.2, 0) is 6.42 Å². The van der Waals surface area contributed by atoms with Crippen molar-refractivity contribution in [1.29, 1.82) is 0 Å². The molecule has 1 amide bonds. The predicted molar refractivity (Wildman–Crippen MR) is 108 cm³/mol. The van der Waals surface area contributed by atoms with Crippen molar-refractivity contribution in [2.45, 2.75) is 45.1 Å². The fraction of sp³-hybridized carbons (Fsp3) is 0.364. The summed E-state index contributed by atoms with van der Waals surface area (Å²) in [4.78, 5) is 16.9. The smallest absolute Gasteiger partial charge is 0.259 e. The first-order valence-electron chi connectivity index (χ1n) is 9.59. The molecule has 2 aromatic heterocycles. The van der Waals surface area contributed by atoms with Gasteiger partial charge in [-0.25, -0.2) is 0 Å². The van der Waals surface area contributed by atoms with E-state index in [0.717, 1.165) is 37.8 Å². The standard InChI is InChI=1S/C22H24N2O2S/c1-16-20(21(23-26-16)17-8-3-2-4-9-17)22(25)24-14-6-5-10-18(24)12-13-19-11-7-15-27-19/h2-4,7-9,11,15,18H,5-6,10,12-14H2,1H3. The molecule has 0 saturated carbocycles. The second kappa shape index (κ2) is 8.09. The van der Waals surface area contributed by atoms with Gasteiger partial charge in [0.2, 0.25) is 0 Å². The summed E-state index contributed by atoms with van der Waals surface area (Å²) in [7, 11) is 0. The summed E-state index contributed by atoms with van der Waals surface area (Å²) in [5.41, 5.74) is 2.19. The van der Waals surface area contributed by atoms with Gasteiger partial charge in [0.25, 0.3) is 5.91 Å². The summed E-state index contributed by atoms with van der Waals surface area (Å²) in [6.45, 7) is 2.64. The van der Waals surface area contributed by atoms with E-state index in [1.807, 2.05) is 37.3 Å². The lowest BCUT2D eigenvalue weighted by Gasteiger charge is -2.36. The van der Waals surface area contributed by atoms with Crippen LogP contribution in [0.4, 0.5) is 0 Å². The normalized spacial score (nSPS) is 17.2. The molecule has 4 nitrogen and oxygen atoms in total. The van der Waals surface area contributed by atoms with Gasteiger partial charge in [-0.2, -0.15) is 0 Å². The van der Waals surface area contributed by atoms with Gasteiger partial charge >= 0.3 is 0 Å². The molecule has 3 heterocycles. The molecule has 140 valence electrons. The van der Waals surface area contributed by atoms with Crippen LogP contribution in [0.5, 0.6) is 0 Å². The number of aryl methyl sites for hydroxylation is 2. The highest BCUT2D eigenvalue weighted by Gasteiger charge is 2.32. The average Bonchev–Trinajstić information content (AvgIpc) is 3.36. The van der Waals surface area contributed by atoms with Gasteiger partial charge in [-0.05, 0) is 50.5 Å². The molecule has 1 unspecified atom stereocenters. The molecule has 1 aliphatic rings. The Labute approximate surface area is 163 Å². The SMILES string of the molecule is Cc1onc(-c2ccccc2)c1C(=O)N1CCCCC1CCc1cccs1. The maximum atomic E-state index is 13.5. The second-order valence-corrected chi connectivity index (χ2v) is 8.13. The number of likely N-dealkylation sites (tertiary alicyclic amines) is 1. The van der Waals surface area contributed by atoms with E-state index in [0.29, 0.717) is 17.0 Å². The molecule has 0 bridgehead atoms. The van der Waals surface area contributed by atoms with Crippen LogP contribution in [0.15, 0.2) is 52.4 Å². The Morgan fingerprint density at radius 1 is 1.22 bits per heavy atom. The molecule has 1 aliphatic heterocycles. The number of benzene rings is 1. The van der Waals surface area contributed by atoms with Crippen LogP contribution >= 0.6 is 11.3 Å². The first-order chi connectivity index (χ1) is 13.2. The molecular formula is C22H24N2O2S. The fourth-order valence-electron chi connectivity index (χ4n) is 3.89. The van der Waals surface area contributed by atoms with Crippen molar-refractivity contribution in [3.05, 3.63) is 64.0 Å². The molecule has 1 fully saturated rings. The second-order valence-electron chi connectivity index (χ2n) is 7.09. The van der Waals surface area contributed by atoms with E-state index in [-0.39, 0.29) is 11.9 Å². The Bertz CT molecular complexity index is 886. The highest BCUT2D eigenvalue weighted by atomic mass is 32.1. The van der Waals surface area contributed by atoms with E-state index in [9.17, 15) is 4.79 Å². The Morgan fingerprint density at radius 3 is 2.85 bits per heavy atom. The van der Waals surface area contributed by atoms with Crippen molar-refractivity contribution >= 4 is 17.2 Å². The Balaban J connectivity index is 1.58. The summed E-state index contributed by atoms with van der Waals surface area (Å²) in [6, 6.07) is 14.4. The number of nitrogens with zero attached hydrogens (tertiary/aromatic N) is 2. The summed E-state index contributed by atoms with van der Waals surface area (Å²) in [5.74, 6) is 0.657. The Kier molecular flexibility index (Phi) is 5.39. The van der Waals surface area contributed by atoms with Crippen molar-refractivity contribution < 1.29 is 9.32 Å². The summed E-state index contributed by atoms with van der Waals surface area (Å²) in [6.07, 6.45) is 5.36. The van der Waals surface area contributed by atoms with E-state index in [1.165, 1.54) is 11.3 Å². The first kappa shape index (κ1) is 18.0. The predicted octanol–water partition coefficient (Wildman–Crippen LogP) is 5.34. The topological polar surface area (TPSA) is 46.3 Å². The molecule has 1 saturated heterocycles. The highest BCUT2D eigenvalue weighted by Crippen LogP contribution is 2.30. The molecule has 3 aromatic rings. The number of rotatable bonds is 5. The molecule has 0 N–H and O–H groups in total. The molecule has 0 radical (unpaired) electrons. The number of piperidine rings is 1. The van der Waals surface area contributed by atoms with Crippen LogP contribution in [-0.4, -0.2) is 28.6 Å². The third-order valence-corrected chi connectivity index (χ3v) is 6.25. The van der Waals surface area contributed by atoms with Crippen LogP contribution in [0, 0.1) is 6.92 Å². The van der Waals surface area contributed by atoms with Gasteiger partial charge in [0, 0.05) is 23.0 Å². The third kappa shape index (κ3) is 3.83. The monoisotopic (exact) mass is 380 g/mol. The number of aromatic nitrogens is 1. The molecule has 0 spiro atoms. The fourth-order valence-corrected chi connectivity index (χ4v) is 4.62. The highest BCUT2D eigenvalue weighted by molar-refractivity contribution is 7.09. The van der Waals surface area contributed by atoms with Gasteiger partial charge in [-0.3, -0.25) is 4.79 Å². The molecule has 5 heteroatoms.